The van der Waals surface area contributed by atoms with E-state index in [4.69, 9.17) is 20.9 Å². The zero-order valence-electron chi connectivity index (χ0n) is 15.4. The van der Waals surface area contributed by atoms with Crippen LogP contribution in [-0.4, -0.2) is 11.1 Å². The summed E-state index contributed by atoms with van der Waals surface area (Å²) in [5.41, 5.74) is 3.24. The van der Waals surface area contributed by atoms with Gasteiger partial charge < -0.3 is 9.26 Å². The first-order valence-corrected chi connectivity index (χ1v) is 9.92. The lowest BCUT2D eigenvalue weighted by Gasteiger charge is -2.16. The van der Waals surface area contributed by atoms with Gasteiger partial charge in [0.15, 0.2) is 0 Å². The molecule has 1 atom stereocenters. The van der Waals surface area contributed by atoms with Crippen molar-refractivity contribution in [1.29, 1.82) is 0 Å². The quantitative estimate of drug-likeness (QED) is 0.366. The van der Waals surface area contributed by atoms with Gasteiger partial charge in [0, 0.05) is 26.8 Å². The van der Waals surface area contributed by atoms with Crippen molar-refractivity contribution in [2.75, 3.05) is 0 Å². The van der Waals surface area contributed by atoms with E-state index >= 15 is 0 Å². The highest BCUT2D eigenvalue weighted by Gasteiger charge is 2.19. The molecule has 6 heteroatoms. The molecule has 0 saturated heterocycles. The van der Waals surface area contributed by atoms with Gasteiger partial charge in [-0.15, -0.1) is 11.8 Å². The molecule has 0 bridgehead atoms. The number of halogens is 1. The maximum Gasteiger partial charge on any atom is 0.339 e. The van der Waals surface area contributed by atoms with Gasteiger partial charge in [0.1, 0.15) is 11.9 Å². The molecule has 0 amide bonds. The largest absolute Gasteiger partial charge is 0.454 e. The van der Waals surface area contributed by atoms with Crippen molar-refractivity contribution in [1.82, 2.24) is 5.16 Å². The number of rotatable bonds is 6. The van der Waals surface area contributed by atoms with Crippen LogP contribution >= 0.6 is 23.4 Å². The first kappa shape index (κ1) is 19.5. The lowest BCUT2D eigenvalue weighted by atomic mass is 10.1. The summed E-state index contributed by atoms with van der Waals surface area (Å²) in [5.74, 6) is 1.10. The highest BCUT2D eigenvalue weighted by Crippen LogP contribution is 2.31. The minimum Gasteiger partial charge on any atom is -0.454 e. The summed E-state index contributed by atoms with van der Waals surface area (Å²) in [6, 6.07) is 14.8. The lowest BCUT2D eigenvalue weighted by Crippen LogP contribution is -2.10. The van der Waals surface area contributed by atoms with Gasteiger partial charge in [-0.05, 0) is 39.0 Å². The smallest absolute Gasteiger partial charge is 0.339 e. The Hall–Kier alpha value is -2.24. The average molecular weight is 402 g/mol. The summed E-state index contributed by atoms with van der Waals surface area (Å²) in [5, 5.41) is 4.56. The van der Waals surface area contributed by atoms with Crippen LogP contribution < -0.4 is 0 Å². The van der Waals surface area contributed by atoms with E-state index in [-0.39, 0.29) is 5.97 Å². The Labute approximate surface area is 167 Å². The van der Waals surface area contributed by atoms with Gasteiger partial charge in [-0.3, -0.25) is 0 Å². The number of hydrogen-bond donors (Lipinski definition) is 0. The third kappa shape index (κ3) is 4.54. The molecule has 3 rings (SSSR count). The maximum absolute atomic E-state index is 12.7. The molecule has 0 N–H and O–H groups in total. The lowest BCUT2D eigenvalue weighted by molar-refractivity contribution is 0.0334. The van der Waals surface area contributed by atoms with Gasteiger partial charge in [-0.25, -0.2) is 4.79 Å². The molecule has 3 aromatic rings. The van der Waals surface area contributed by atoms with Crippen molar-refractivity contribution in [2.45, 2.75) is 37.5 Å². The highest BCUT2D eigenvalue weighted by atomic mass is 35.5. The molecule has 0 aliphatic rings. The Balaban J connectivity index is 1.75. The molecule has 4 nitrogen and oxygen atoms in total. The Morgan fingerprint density at radius 3 is 2.59 bits per heavy atom. The zero-order chi connectivity index (χ0) is 19.4. The number of ether oxygens (including phenoxy) is 1. The third-order valence-corrected chi connectivity index (χ3v) is 5.73. The van der Waals surface area contributed by atoms with Crippen LogP contribution in [0.25, 0.3) is 0 Å². The molecule has 1 heterocycles. The van der Waals surface area contributed by atoms with E-state index in [0.717, 1.165) is 27.5 Å². The average Bonchev–Trinajstić information content (AvgIpc) is 2.98. The van der Waals surface area contributed by atoms with E-state index in [9.17, 15) is 4.79 Å². The van der Waals surface area contributed by atoms with Crippen LogP contribution in [0.3, 0.4) is 0 Å². The van der Waals surface area contributed by atoms with E-state index < -0.39 is 6.10 Å². The minimum absolute atomic E-state index is 0.371. The van der Waals surface area contributed by atoms with Crippen molar-refractivity contribution in [3.8, 4) is 0 Å². The maximum atomic E-state index is 12.7. The zero-order valence-corrected chi connectivity index (χ0v) is 16.9. The predicted molar refractivity (Wildman–Crippen MR) is 107 cm³/mol. The number of hydrogen-bond acceptors (Lipinski definition) is 5. The molecule has 0 radical (unpaired) electrons. The van der Waals surface area contributed by atoms with Crippen LogP contribution in [0, 0.1) is 13.8 Å². The SMILES string of the molecule is Cc1noc(C)c1CSc1ccccc1C(=O)O[C@@H](C)c1ccccc1Cl. The molecule has 2 aromatic carbocycles. The van der Waals surface area contributed by atoms with Crippen molar-refractivity contribution in [2.24, 2.45) is 0 Å². The Bertz CT molecular complexity index is 935. The number of carbonyl (C=O) groups excluding carboxylic acids is 1. The molecule has 140 valence electrons. The van der Waals surface area contributed by atoms with Crippen LogP contribution in [0.5, 0.6) is 0 Å². The third-order valence-electron chi connectivity index (χ3n) is 4.29. The van der Waals surface area contributed by atoms with Crippen LogP contribution in [0.15, 0.2) is 57.9 Å². The van der Waals surface area contributed by atoms with E-state index in [0.29, 0.717) is 16.3 Å². The van der Waals surface area contributed by atoms with Crippen LogP contribution in [0.1, 0.15) is 46.0 Å². The van der Waals surface area contributed by atoms with Gasteiger partial charge in [-0.1, -0.05) is 47.1 Å². The predicted octanol–water partition coefficient (Wildman–Crippen LogP) is 6.16. The number of aromatic nitrogens is 1. The Morgan fingerprint density at radius 1 is 1.19 bits per heavy atom. The number of nitrogens with zero attached hydrogens (tertiary/aromatic N) is 1. The van der Waals surface area contributed by atoms with Gasteiger partial charge in [0.2, 0.25) is 0 Å². The molecule has 0 fully saturated rings. The standard InChI is InChI=1S/C21H20ClNO3S/c1-13-18(15(3)26-23-13)12-27-20-11-7-5-9-17(20)21(24)25-14(2)16-8-4-6-10-19(16)22/h4-11,14H,12H2,1-3H3/t14-/m0/s1. The van der Waals surface area contributed by atoms with Crippen LogP contribution in [0.4, 0.5) is 0 Å². The van der Waals surface area contributed by atoms with Crippen LogP contribution in [-0.2, 0) is 10.5 Å². The second-order valence-corrected chi connectivity index (χ2v) is 7.58. The van der Waals surface area contributed by atoms with E-state index in [2.05, 4.69) is 5.16 Å². The fraction of sp³-hybridized carbons (Fsp3) is 0.238. The fourth-order valence-corrected chi connectivity index (χ4v) is 4.19. The van der Waals surface area contributed by atoms with Crippen LogP contribution in [0.2, 0.25) is 5.02 Å². The number of benzene rings is 2. The molecule has 1 aromatic heterocycles. The summed E-state index contributed by atoms with van der Waals surface area (Å²) < 4.78 is 10.9. The van der Waals surface area contributed by atoms with Crippen molar-refractivity contribution >= 4 is 29.3 Å². The first-order chi connectivity index (χ1) is 13.0. The number of esters is 1. The summed E-state index contributed by atoms with van der Waals surface area (Å²) in [7, 11) is 0. The summed E-state index contributed by atoms with van der Waals surface area (Å²) in [6.45, 7) is 5.62. The second kappa shape index (κ2) is 8.63. The molecular weight excluding hydrogens is 382 g/mol. The van der Waals surface area contributed by atoms with Crippen molar-refractivity contribution in [3.63, 3.8) is 0 Å². The fourth-order valence-electron chi connectivity index (χ4n) is 2.71. The Morgan fingerprint density at radius 2 is 1.89 bits per heavy atom. The molecule has 0 unspecified atom stereocenters. The number of carbonyl (C=O) groups is 1. The van der Waals surface area contributed by atoms with Gasteiger partial charge in [0.25, 0.3) is 0 Å². The first-order valence-electron chi connectivity index (χ1n) is 8.56. The number of thioether (sulfide) groups is 1. The van der Waals surface area contributed by atoms with E-state index in [1.165, 1.54) is 0 Å². The summed E-state index contributed by atoms with van der Waals surface area (Å²) in [6.07, 6.45) is -0.438. The summed E-state index contributed by atoms with van der Waals surface area (Å²) >= 11 is 7.77. The van der Waals surface area contributed by atoms with Crippen molar-refractivity contribution in [3.05, 3.63) is 81.7 Å². The Kier molecular flexibility index (Phi) is 6.24. The molecule has 0 aliphatic carbocycles. The molecular formula is C21H20ClNO3S. The molecule has 0 saturated carbocycles. The van der Waals surface area contributed by atoms with Gasteiger partial charge in [0.05, 0.1) is 11.3 Å². The van der Waals surface area contributed by atoms with Gasteiger partial charge in [-0.2, -0.15) is 0 Å². The molecule has 0 aliphatic heterocycles. The van der Waals surface area contributed by atoms with Gasteiger partial charge >= 0.3 is 5.97 Å². The molecule has 0 spiro atoms. The monoisotopic (exact) mass is 401 g/mol. The second-order valence-electron chi connectivity index (χ2n) is 6.16. The molecule has 27 heavy (non-hydrogen) atoms. The number of aryl methyl sites for hydroxylation is 2. The van der Waals surface area contributed by atoms with E-state index in [1.54, 1.807) is 23.9 Å². The normalized spacial score (nSPS) is 12.0. The van der Waals surface area contributed by atoms with Crippen molar-refractivity contribution < 1.29 is 14.1 Å². The topological polar surface area (TPSA) is 52.3 Å². The summed E-state index contributed by atoms with van der Waals surface area (Å²) in [4.78, 5) is 13.6. The minimum atomic E-state index is -0.438. The van der Waals surface area contributed by atoms with E-state index in [1.807, 2.05) is 57.2 Å². The highest BCUT2D eigenvalue weighted by molar-refractivity contribution is 7.98.